The highest BCUT2D eigenvalue weighted by molar-refractivity contribution is 5.78. The van der Waals surface area contributed by atoms with Crippen LogP contribution in [0.5, 0.6) is 0 Å². The SMILES string of the molecule is CCCC1CN(Cc2ccc3ncccc3c2)C(C)CN1. The lowest BCUT2D eigenvalue weighted by atomic mass is 10.0. The number of benzene rings is 1. The van der Waals surface area contributed by atoms with Crippen LogP contribution in [-0.2, 0) is 6.54 Å². The minimum atomic E-state index is 0.600. The van der Waals surface area contributed by atoms with Crippen LogP contribution >= 0.6 is 0 Å². The third-order valence-corrected chi connectivity index (χ3v) is 4.47. The van der Waals surface area contributed by atoms with Gasteiger partial charge in [0.15, 0.2) is 0 Å². The Morgan fingerprint density at radius 2 is 2.24 bits per heavy atom. The standard InChI is InChI=1S/C18H25N3/c1-3-5-17-13-21(14(2)11-20-17)12-15-7-8-18-16(10-15)6-4-9-19-18/h4,6-10,14,17,20H,3,5,11-13H2,1-2H3. The molecule has 21 heavy (non-hydrogen) atoms. The van der Waals surface area contributed by atoms with Crippen LogP contribution in [0, 0.1) is 0 Å². The smallest absolute Gasteiger partial charge is 0.0702 e. The second-order valence-electron chi connectivity index (χ2n) is 6.20. The van der Waals surface area contributed by atoms with Crippen LogP contribution in [0.25, 0.3) is 10.9 Å². The van der Waals surface area contributed by atoms with Crippen LogP contribution in [0.1, 0.15) is 32.3 Å². The molecule has 0 aliphatic carbocycles. The van der Waals surface area contributed by atoms with Crippen molar-refractivity contribution >= 4 is 10.9 Å². The topological polar surface area (TPSA) is 28.2 Å². The molecule has 2 unspecified atom stereocenters. The predicted octanol–water partition coefficient (Wildman–Crippen LogP) is 3.20. The Labute approximate surface area is 127 Å². The van der Waals surface area contributed by atoms with Crippen LogP contribution in [0.15, 0.2) is 36.5 Å². The van der Waals surface area contributed by atoms with Crippen molar-refractivity contribution < 1.29 is 0 Å². The van der Waals surface area contributed by atoms with Crippen LogP contribution in [0.3, 0.4) is 0 Å². The summed E-state index contributed by atoms with van der Waals surface area (Å²) in [5.74, 6) is 0. The summed E-state index contributed by atoms with van der Waals surface area (Å²) in [5, 5.41) is 4.90. The van der Waals surface area contributed by atoms with Gasteiger partial charge in [0.25, 0.3) is 0 Å². The minimum Gasteiger partial charge on any atom is -0.311 e. The van der Waals surface area contributed by atoms with Crippen molar-refractivity contribution in [2.75, 3.05) is 13.1 Å². The second-order valence-corrected chi connectivity index (χ2v) is 6.20. The third-order valence-electron chi connectivity index (χ3n) is 4.47. The van der Waals surface area contributed by atoms with Crippen LogP contribution in [0.4, 0.5) is 0 Å². The van der Waals surface area contributed by atoms with Crippen LogP contribution < -0.4 is 5.32 Å². The van der Waals surface area contributed by atoms with Crippen molar-refractivity contribution in [3.63, 3.8) is 0 Å². The highest BCUT2D eigenvalue weighted by atomic mass is 15.2. The summed E-state index contributed by atoms with van der Waals surface area (Å²) in [6, 6.07) is 12.0. The molecule has 112 valence electrons. The lowest BCUT2D eigenvalue weighted by Crippen LogP contribution is -2.54. The van der Waals surface area contributed by atoms with Crippen molar-refractivity contribution in [2.45, 2.75) is 45.3 Å². The van der Waals surface area contributed by atoms with Crippen LogP contribution in [0.2, 0.25) is 0 Å². The summed E-state index contributed by atoms with van der Waals surface area (Å²) in [5.41, 5.74) is 2.47. The molecule has 0 saturated carbocycles. The summed E-state index contributed by atoms with van der Waals surface area (Å²) < 4.78 is 0. The largest absolute Gasteiger partial charge is 0.311 e. The van der Waals surface area contributed by atoms with Crippen molar-refractivity contribution in [3.8, 4) is 0 Å². The van der Waals surface area contributed by atoms with Crippen molar-refractivity contribution in [1.82, 2.24) is 15.2 Å². The average Bonchev–Trinajstić information content (AvgIpc) is 2.51. The van der Waals surface area contributed by atoms with Gasteiger partial charge in [-0.25, -0.2) is 0 Å². The molecule has 1 N–H and O–H groups in total. The molecule has 2 atom stereocenters. The summed E-state index contributed by atoms with van der Waals surface area (Å²) in [4.78, 5) is 7.00. The van der Waals surface area contributed by atoms with Gasteiger partial charge in [0.05, 0.1) is 5.52 Å². The van der Waals surface area contributed by atoms with E-state index in [1.54, 1.807) is 0 Å². The predicted molar refractivity (Wildman–Crippen MR) is 88.3 cm³/mol. The van der Waals surface area contributed by atoms with Gasteiger partial charge in [-0.2, -0.15) is 0 Å². The molecule has 3 rings (SSSR count). The van der Waals surface area contributed by atoms with E-state index >= 15 is 0 Å². The summed E-state index contributed by atoms with van der Waals surface area (Å²) in [6.45, 7) is 7.87. The van der Waals surface area contributed by atoms with E-state index in [-0.39, 0.29) is 0 Å². The Bertz CT molecular complexity index is 596. The van der Waals surface area contributed by atoms with Gasteiger partial charge in [-0.05, 0) is 37.1 Å². The fourth-order valence-electron chi connectivity index (χ4n) is 3.21. The summed E-state index contributed by atoms with van der Waals surface area (Å²) >= 11 is 0. The van der Waals surface area contributed by atoms with Gasteiger partial charge < -0.3 is 5.32 Å². The molecule has 0 bridgehead atoms. The molecule has 0 spiro atoms. The summed E-state index contributed by atoms with van der Waals surface area (Å²) in [6.07, 6.45) is 4.38. The number of pyridine rings is 1. The molecule has 3 nitrogen and oxygen atoms in total. The molecular weight excluding hydrogens is 258 g/mol. The van der Waals surface area contributed by atoms with Crippen molar-refractivity contribution in [1.29, 1.82) is 0 Å². The zero-order valence-electron chi connectivity index (χ0n) is 13.0. The number of nitrogens with zero attached hydrogens (tertiary/aromatic N) is 2. The van der Waals surface area contributed by atoms with E-state index in [2.05, 4.69) is 53.3 Å². The first kappa shape index (κ1) is 14.5. The minimum absolute atomic E-state index is 0.600. The zero-order valence-corrected chi connectivity index (χ0v) is 13.0. The molecule has 1 fully saturated rings. The zero-order chi connectivity index (χ0) is 14.7. The Kier molecular flexibility index (Phi) is 4.51. The molecule has 0 radical (unpaired) electrons. The van der Waals surface area contributed by atoms with Crippen molar-refractivity contribution in [3.05, 3.63) is 42.1 Å². The Morgan fingerprint density at radius 1 is 1.33 bits per heavy atom. The second kappa shape index (κ2) is 6.54. The Morgan fingerprint density at radius 3 is 3.10 bits per heavy atom. The van der Waals surface area contributed by atoms with E-state index in [1.807, 2.05) is 12.3 Å². The van der Waals surface area contributed by atoms with Gasteiger partial charge in [0.1, 0.15) is 0 Å². The number of rotatable bonds is 4. The molecule has 1 saturated heterocycles. The lowest BCUT2D eigenvalue weighted by Gasteiger charge is -2.39. The number of nitrogens with one attached hydrogen (secondary N) is 1. The van der Waals surface area contributed by atoms with Gasteiger partial charge >= 0.3 is 0 Å². The Balaban J connectivity index is 1.73. The molecular formula is C18H25N3. The molecule has 1 aromatic heterocycles. The fraction of sp³-hybridized carbons (Fsp3) is 0.500. The number of piperazine rings is 1. The van der Waals surface area contributed by atoms with E-state index in [9.17, 15) is 0 Å². The van der Waals surface area contributed by atoms with E-state index in [0.29, 0.717) is 12.1 Å². The van der Waals surface area contributed by atoms with E-state index in [1.165, 1.54) is 23.8 Å². The van der Waals surface area contributed by atoms with E-state index in [4.69, 9.17) is 0 Å². The maximum Gasteiger partial charge on any atom is 0.0702 e. The number of hydrogen-bond acceptors (Lipinski definition) is 3. The van der Waals surface area contributed by atoms with Gasteiger partial charge in [0, 0.05) is 43.3 Å². The Hall–Kier alpha value is -1.45. The van der Waals surface area contributed by atoms with Gasteiger partial charge in [-0.3, -0.25) is 9.88 Å². The molecule has 1 aromatic carbocycles. The molecule has 2 heterocycles. The molecule has 1 aliphatic heterocycles. The maximum atomic E-state index is 4.40. The molecule has 0 amide bonds. The third kappa shape index (κ3) is 3.42. The van der Waals surface area contributed by atoms with E-state index in [0.717, 1.165) is 25.2 Å². The van der Waals surface area contributed by atoms with Crippen LogP contribution in [-0.4, -0.2) is 35.1 Å². The average molecular weight is 283 g/mol. The number of aromatic nitrogens is 1. The molecule has 3 heteroatoms. The number of hydrogen-bond donors (Lipinski definition) is 1. The first-order chi connectivity index (χ1) is 10.3. The maximum absolute atomic E-state index is 4.40. The van der Waals surface area contributed by atoms with E-state index < -0.39 is 0 Å². The molecule has 1 aliphatic rings. The molecule has 2 aromatic rings. The lowest BCUT2D eigenvalue weighted by molar-refractivity contribution is 0.129. The van der Waals surface area contributed by atoms with Gasteiger partial charge in [0.2, 0.25) is 0 Å². The monoisotopic (exact) mass is 283 g/mol. The van der Waals surface area contributed by atoms with Gasteiger partial charge in [-0.1, -0.05) is 25.5 Å². The normalized spacial score (nSPS) is 23.5. The highest BCUT2D eigenvalue weighted by Gasteiger charge is 2.24. The summed E-state index contributed by atoms with van der Waals surface area (Å²) in [7, 11) is 0. The van der Waals surface area contributed by atoms with Crippen molar-refractivity contribution in [2.24, 2.45) is 0 Å². The highest BCUT2D eigenvalue weighted by Crippen LogP contribution is 2.18. The quantitative estimate of drug-likeness (QED) is 0.934. The first-order valence-corrected chi connectivity index (χ1v) is 8.07. The number of fused-ring (bicyclic) bond motifs is 1. The van der Waals surface area contributed by atoms with Gasteiger partial charge in [-0.15, -0.1) is 0 Å². The fourth-order valence-corrected chi connectivity index (χ4v) is 3.21. The first-order valence-electron chi connectivity index (χ1n) is 8.07.